The number of hydrogen-bond acceptors (Lipinski definition) is 4. The molecular weight excluding hydrogens is 268 g/mol. The number of nitrogens with zero attached hydrogens (tertiary/aromatic N) is 2. The molecule has 0 radical (unpaired) electrons. The van der Waals surface area contributed by atoms with E-state index in [0.717, 1.165) is 24.5 Å². The number of aromatic nitrogens is 1. The van der Waals surface area contributed by atoms with Crippen molar-refractivity contribution < 1.29 is 4.42 Å². The molecule has 3 rings (SSSR count). The predicted octanol–water partition coefficient (Wildman–Crippen LogP) is 4.51. The fraction of sp³-hybridized carbons (Fsp3) is 0.562. The van der Waals surface area contributed by atoms with Gasteiger partial charge in [0.05, 0.1) is 5.69 Å². The fourth-order valence-electron chi connectivity index (χ4n) is 3.03. The zero-order valence-corrected chi connectivity index (χ0v) is 13.2. The van der Waals surface area contributed by atoms with E-state index in [9.17, 15) is 0 Å². The molecule has 20 heavy (non-hydrogen) atoms. The van der Waals surface area contributed by atoms with E-state index in [4.69, 9.17) is 4.42 Å². The van der Waals surface area contributed by atoms with E-state index >= 15 is 0 Å². The molecule has 0 bridgehead atoms. The molecule has 0 unspecified atom stereocenters. The minimum atomic E-state index is 0.400. The maximum Gasteiger partial charge on any atom is 0.181 e. The van der Waals surface area contributed by atoms with E-state index in [1.165, 1.54) is 22.6 Å². The summed E-state index contributed by atoms with van der Waals surface area (Å²) in [6, 6.07) is 5.08. The smallest absolute Gasteiger partial charge is 0.181 e. The van der Waals surface area contributed by atoms with Crippen molar-refractivity contribution in [2.24, 2.45) is 0 Å². The van der Waals surface area contributed by atoms with Crippen LogP contribution in [-0.2, 0) is 6.54 Å². The Morgan fingerprint density at radius 1 is 1.45 bits per heavy atom. The normalized spacial score (nSPS) is 20.1. The summed E-state index contributed by atoms with van der Waals surface area (Å²) >= 11 is 1.93. The van der Waals surface area contributed by atoms with Gasteiger partial charge in [-0.3, -0.25) is 4.90 Å². The van der Waals surface area contributed by atoms with Crippen molar-refractivity contribution >= 4 is 11.3 Å². The highest BCUT2D eigenvalue weighted by Crippen LogP contribution is 2.37. The van der Waals surface area contributed by atoms with Gasteiger partial charge in [-0.15, -0.1) is 11.3 Å². The molecule has 3 heterocycles. The van der Waals surface area contributed by atoms with Crippen molar-refractivity contribution in [3.8, 4) is 0 Å². The third kappa shape index (κ3) is 2.67. The van der Waals surface area contributed by atoms with Gasteiger partial charge in [0.1, 0.15) is 5.76 Å². The summed E-state index contributed by atoms with van der Waals surface area (Å²) in [5.74, 6) is 1.44. The van der Waals surface area contributed by atoms with Gasteiger partial charge < -0.3 is 4.42 Å². The lowest BCUT2D eigenvalue weighted by Crippen LogP contribution is -2.23. The van der Waals surface area contributed by atoms with Crippen molar-refractivity contribution in [3.63, 3.8) is 0 Å². The molecule has 108 valence electrons. The minimum Gasteiger partial charge on any atom is -0.448 e. The highest BCUT2D eigenvalue weighted by molar-refractivity contribution is 7.12. The summed E-state index contributed by atoms with van der Waals surface area (Å²) < 4.78 is 5.55. The molecule has 0 N–H and O–H groups in total. The van der Waals surface area contributed by atoms with Crippen LogP contribution < -0.4 is 0 Å². The monoisotopic (exact) mass is 290 g/mol. The van der Waals surface area contributed by atoms with Crippen molar-refractivity contribution in [3.05, 3.63) is 39.7 Å². The number of hydrogen-bond donors (Lipinski definition) is 0. The molecule has 0 spiro atoms. The summed E-state index contributed by atoms with van der Waals surface area (Å²) in [5, 5.41) is 0. The maximum atomic E-state index is 5.55. The van der Waals surface area contributed by atoms with Crippen LogP contribution in [-0.4, -0.2) is 16.4 Å². The Morgan fingerprint density at radius 3 is 3.00 bits per heavy atom. The maximum absolute atomic E-state index is 5.55. The van der Waals surface area contributed by atoms with Gasteiger partial charge in [-0.05, 0) is 38.4 Å². The zero-order chi connectivity index (χ0) is 14.1. The SMILES string of the molecule is Cc1ccc([C@@H]2CCCN2Cc2ncoc2C(C)C)s1. The number of oxazole rings is 1. The second-order valence-electron chi connectivity index (χ2n) is 5.89. The number of rotatable bonds is 4. The van der Waals surface area contributed by atoms with Crippen LogP contribution >= 0.6 is 11.3 Å². The molecular formula is C16H22N2OS. The number of likely N-dealkylation sites (tertiary alicyclic amines) is 1. The average molecular weight is 290 g/mol. The Bertz CT molecular complexity index is 573. The van der Waals surface area contributed by atoms with Crippen molar-refractivity contribution in [1.82, 2.24) is 9.88 Å². The quantitative estimate of drug-likeness (QED) is 0.830. The predicted molar refractivity (Wildman–Crippen MR) is 82.0 cm³/mol. The molecule has 2 aromatic heterocycles. The average Bonchev–Trinajstić information content (AvgIpc) is 3.09. The lowest BCUT2D eigenvalue weighted by Gasteiger charge is -2.23. The van der Waals surface area contributed by atoms with Gasteiger partial charge in [0, 0.05) is 28.3 Å². The fourth-order valence-corrected chi connectivity index (χ4v) is 4.08. The van der Waals surface area contributed by atoms with Crippen molar-refractivity contribution in [2.75, 3.05) is 6.54 Å². The highest BCUT2D eigenvalue weighted by Gasteiger charge is 2.28. The van der Waals surface area contributed by atoms with Gasteiger partial charge in [0.15, 0.2) is 6.39 Å². The number of thiophene rings is 1. The summed E-state index contributed by atoms with van der Waals surface area (Å²) in [4.78, 5) is 9.87. The van der Waals surface area contributed by atoms with Crippen LogP contribution in [0.3, 0.4) is 0 Å². The molecule has 3 nitrogen and oxygen atoms in total. The Labute approximate surface area is 124 Å². The largest absolute Gasteiger partial charge is 0.448 e. The molecule has 0 aromatic carbocycles. The summed E-state index contributed by atoms with van der Waals surface area (Å²) in [5.41, 5.74) is 1.11. The topological polar surface area (TPSA) is 29.3 Å². The van der Waals surface area contributed by atoms with Gasteiger partial charge in [-0.1, -0.05) is 13.8 Å². The second-order valence-corrected chi connectivity index (χ2v) is 7.21. The standard InChI is InChI=1S/C16H22N2OS/c1-11(2)16-13(17-10-19-16)9-18-8-4-5-14(18)15-7-6-12(3)20-15/h6-7,10-11,14H,4-5,8-9H2,1-3H3/t14-/m0/s1. The van der Waals surface area contributed by atoms with Crippen LogP contribution in [0.5, 0.6) is 0 Å². The second kappa shape index (κ2) is 5.70. The molecule has 1 saturated heterocycles. The molecule has 1 aliphatic rings. The molecule has 0 amide bonds. The molecule has 0 aliphatic carbocycles. The van der Waals surface area contributed by atoms with Crippen molar-refractivity contribution in [2.45, 2.75) is 52.1 Å². The van der Waals surface area contributed by atoms with Gasteiger partial charge in [-0.2, -0.15) is 0 Å². The molecule has 1 atom stereocenters. The Kier molecular flexibility index (Phi) is 3.94. The lowest BCUT2D eigenvalue weighted by molar-refractivity contribution is 0.246. The first-order valence-corrected chi connectivity index (χ1v) is 8.19. The summed E-state index contributed by atoms with van der Waals surface area (Å²) in [6.45, 7) is 8.57. The zero-order valence-electron chi connectivity index (χ0n) is 12.4. The molecule has 0 saturated carbocycles. The van der Waals surface area contributed by atoms with E-state index in [2.05, 4.69) is 42.8 Å². The lowest BCUT2D eigenvalue weighted by atomic mass is 10.1. The van der Waals surface area contributed by atoms with Gasteiger partial charge in [0.25, 0.3) is 0 Å². The molecule has 2 aromatic rings. The molecule has 1 fully saturated rings. The van der Waals surface area contributed by atoms with E-state index in [0.29, 0.717) is 12.0 Å². The third-order valence-electron chi connectivity index (χ3n) is 4.00. The van der Waals surface area contributed by atoms with Crippen LogP contribution in [0, 0.1) is 6.92 Å². The first-order chi connectivity index (χ1) is 9.65. The first kappa shape index (κ1) is 13.8. The van der Waals surface area contributed by atoms with E-state index in [1.54, 1.807) is 6.39 Å². The first-order valence-electron chi connectivity index (χ1n) is 7.38. The summed E-state index contributed by atoms with van der Waals surface area (Å²) in [6.07, 6.45) is 4.12. The van der Waals surface area contributed by atoms with Crippen LogP contribution in [0.4, 0.5) is 0 Å². The third-order valence-corrected chi connectivity index (χ3v) is 5.11. The Morgan fingerprint density at radius 2 is 2.30 bits per heavy atom. The highest BCUT2D eigenvalue weighted by atomic mass is 32.1. The van der Waals surface area contributed by atoms with E-state index in [-0.39, 0.29) is 0 Å². The van der Waals surface area contributed by atoms with Crippen LogP contribution in [0.25, 0.3) is 0 Å². The Balaban J connectivity index is 1.77. The van der Waals surface area contributed by atoms with Gasteiger partial charge in [0.2, 0.25) is 0 Å². The summed E-state index contributed by atoms with van der Waals surface area (Å²) in [7, 11) is 0. The van der Waals surface area contributed by atoms with Crippen LogP contribution in [0.1, 0.15) is 59.9 Å². The van der Waals surface area contributed by atoms with Crippen molar-refractivity contribution in [1.29, 1.82) is 0 Å². The van der Waals surface area contributed by atoms with Gasteiger partial charge in [-0.25, -0.2) is 4.98 Å². The number of aryl methyl sites for hydroxylation is 1. The van der Waals surface area contributed by atoms with E-state index in [1.807, 2.05) is 11.3 Å². The van der Waals surface area contributed by atoms with Gasteiger partial charge >= 0.3 is 0 Å². The van der Waals surface area contributed by atoms with E-state index < -0.39 is 0 Å². The molecule has 1 aliphatic heterocycles. The minimum absolute atomic E-state index is 0.400. The van der Waals surface area contributed by atoms with Crippen LogP contribution in [0.15, 0.2) is 22.9 Å². The molecule has 4 heteroatoms. The van der Waals surface area contributed by atoms with Crippen LogP contribution in [0.2, 0.25) is 0 Å². The Hall–Kier alpha value is -1.13.